The summed E-state index contributed by atoms with van der Waals surface area (Å²) < 4.78 is 10.5. The molecule has 0 aliphatic heterocycles. The van der Waals surface area contributed by atoms with E-state index in [2.05, 4.69) is 19.2 Å². The van der Waals surface area contributed by atoms with Crippen LogP contribution in [0.15, 0.2) is 18.2 Å². The molecule has 0 aromatic heterocycles. The molecule has 21 heavy (non-hydrogen) atoms. The average molecular weight is 294 g/mol. The summed E-state index contributed by atoms with van der Waals surface area (Å²) in [6.45, 7) is 9.56. The quantitative estimate of drug-likeness (QED) is 0.569. The minimum Gasteiger partial charge on any atom is -0.462 e. The standard InChI is InChI=1S/C16H26N2O3/c1-5-20-10-14(11(3)4)18-13-9-7-8-12(15(13)17)16(19)21-6-2/h7-9,11,14,18H,5-6,10,17H2,1-4H3. The van der Waals surface area contributed by atoms with E-state index in [1.165, 1.54) is 0 Å². The lowest BCUT2D eigenvalue weighted by atomic mass is 10.0. The largest absolute Gasteiger partial charge is 0.462 e. The monoisotopic (exact) mass is 294 g/mol. The molecule has 0 radical (unpaired) electrons. The van der Waals surface area contributed by atoms with Gasteiger partial charge in [0.25, 0.3) is 0 Å². The number of hydrogen-bond donors (Lipinski definition) is 2. The van der Waals surface area contributed by atoms with Gasteiger partial charge in [-0.1, -0.05) is 19.9 Å². The SMILES string of the molecule is CCOCC(Nc1cccc(C(=O)OCC)c1N)C(C)C. The van der Waals surface area contributed by atoms with Gasteiger partial charge in [0.2, 0.25) is 0 Å². The van der Waals surface area contributed by atoms with E-state index in [4.69, 9.17) is 15.2 Å². The highest BCUT2D eigenvalue weighted by atomic mass is 16.5. The van der Waals surface area contributed by atoms with Crippen LogP contribution in [0.2, 0.25) is 0 Å². The van der Waals surface area contributed by atoms with Crippen LogP contribution in [-0.2, 0) is 9.47 Å². The van der Waals surface area contributed by atoms with E-state index in [1.807, 2.05) is 13.0 Å². The molecule has 5 heteroatoms. The Hall–Kier alpha value is -1.75. The topological polar surface area (TPSA) is 73.6 Å². The second-order valence-corrected chi connectivity index (χ2v) is 5.14. The summed E-state index contributed by atoms with van der Waals surface area (Å²) in [6.07, 6.45) is 0. The van der Waals surface area contributed by atoms with Crippen molar-refractivity contribution in [2.75, 3.05) is 30.9 Å². The fourth-order valence-electron chi connectivity index (χ4n) is 1.92. The van der Waals surface area contributed by atoms with Gasteiger partial charge in [-0.25, -0.2) is 4.79 Å². The maximum Gasteiger partial charge on any atom is 0.340 e. The summed E-state index contributed by atoms with van der Waals surface area (Å²) in [4.78, 5) is 11.9. The molecule has 0 bridgehead atoms. The highest BCUT2D eigenvalue weighted by molar-refractivity contribution is 5.98. The lowest BCUT2D eigenvalue weighted by Gasteiger charge is -2.24. The molecule has 0 saturated carbocycles. The van der Waals surface area contributed by atoms with Crippen molar-refractivity contribution in [2.45, 2.75) is 33.7 Å². The van der Waals surface area contributed by atoms with E-state index in [1.54, 1.807) is 19.1 Å². The Balaban J connectivity index is 2.91. The van der Waals surface area contributed by atoms with Crippen LogP contribution in [0.25, 0.3) is 0 Å². The van der Waals surface area contributed by atoms with Crippen molar-refractivity contribution in [2.24, 2.45) is 5.92 Å². The van der Waals surface area contributed by atoms with Crippen molar-refractivity contribution in [3.05, 3.63) is 23.8 Å². The number of nitrogens with one attached hydrogen (secondary N) is 1. The van der Waals surface area contributed by atoms with Crippen LogP contribution in [0, 0.1) is 5.92 Å². The van der Waals surface area contributed by atoms with Crippen LogP contribution in [0.4, 0.5) is 11.4 Å². The van der Waals surface area contributed by atoms with Gasteiger partial charge in [-0.2, -0.15) is 0 Å². The Morgan fingerprint density at radius 3 is 2.57 bits per heavy atom. The molecule has 1 unspecified atom stereocenters. The van der Waals surface area contributed by atoms with Crippen LogP contribution >= 0.6 is 0 Å². The van der Waals surface area contributed by atoms with Crippen molar-refractivity contribution in [1.82, 2.24) is 0 Å². The Morgan fingerprint density at radius 2 is 2.00 bits per heavy atom. The highest BCUT2D eigenvalue weighted by Crippen LogP contribution is 2.25. The van der Waals surface area contributed by atoms with Crippen LogP contribution in [0.1, 0.15) is 38.1 Å². The number of rotatable bonds is 8. The summed E-state index contributed by atoms with van der Waals surface area (Å²) in [5.41, 5.74) is 7.63. The molecule has 0 spiro atoms. The van der Waals surface area contributed by atoms with Crippen molar-refractivity contribution < 1.29 is 14.3 Å². The van der Waals surface area contributed by atoms with Crippen LogP contribution < -0.4 is 11.1 Å². The van der Waals surface area contributed by atoms with Gasteiger partial charge in [0.15, 0.2) is 0 Å². The Labute approximate surface area is 126 Å². The number of benzene rings is 1. The van der Waals surface area contributed by atoms with Crippen LogP contribution in [0.5, 0.6) is 0 Å². The molecule has 0 fully saturated rings. The van der Waals surface area contributed by atoms with Gasteiger partial charge in [-0.15, -0.1) is 0 Å². The first-order valence-corrected chi connectivity index (χ1v) is 7.41. The predicted octanol–water partition coefficient (Wildman–Crippen LogP) is 2.92. The Morgan fingerprint density at radius 1 is 1.29 bits per heavy atom. The summed E-state index contributed by atoms with van der Waals surface area (Å²) in [6, 6.07) is 5.46. The van der Waals surface area contributed by atoms with E-state index in [9.17, 15) is 4.79 Å². The summed E-state index contributed by atoms with van der Waals surface area (Å²) >= 11 is 0. The number of nitrogen functional groups attached to an aromatic ring is 1. The number of ether oxygens (including phenoxy) is 2. The fourth-order valence-corrected chi connectivity index (χ4v) is 1.92. The molecule has 5 nitrogen and oxygen atoms in total. The van der Waals surface area contributed by atoms with Gasteiger partial charge < -0.3 is 20.5 Å². The maximum atomic E-state index is 11.9. The fraction of sp³-hybridized carbons (Fsp3) is 0.562. The number of anilines is 2. The zero-order valence-corrected chi connectivity index (χ0v) is 13.3. The molecular weight excluding hydrogens is 268 g/mol. The van der Waals surface area contributed by atoms with Crippen molar-refractivity contribution in [3.63, 3.8) is 0 Å². The Bertz CT molecular complexity index is 461. The van der Waals surface area contributed by atoms with E-state index in [-0.39, 0.29) is 6.04 Å². The van der Waals surface area contributed by atoms with Gasteiger partial charge >= 0.3 is 5.97 Å². The molecule has 1 atom stereocenters. The lowest BCUT2D eigenvalue weighted by molar-refractivity contribution is 0.0527. The summed E-state index contributed by atoms with van der Waals surface area (Å²) in [5, 5.41) is 3.36. The predicted molar refractivity (Wildman–Crippen MR) is 85.6 cm³/mol. The third kappa shape index (κ3) is 4.93. The van der Waals surface area contributed by atoms with Gasteiger partial charge in [-0.3, -0.25) is 0 Å². The molecule has 1 rings (SSSR count). The molecule has 1 aromatic rings. The number of nitrogens with two attached hydrogens (primary N) is 1. The number of carbonyl (C=O) groups excluding carboxylic acids is 1. The zero-order chi connectivity index (χ0) is 15.8. The van der Waals surface area contributed by atoms with Crippen LogP contribution in [-0.4, -0.2) is 31.8 Å². The maximum absolute atomic E-state index is 11.9. The third-order valence-electron chi connectivity index (χ3n) is 3.25. The molecule has 1 aromatic carbocycles. The zero-order valence-electron chi connectivity index (χ0n) is 13.3. The first-order valence-electron chi connectivity index (χ1n) is 7.41. The molecule has 0 amide bonds. The second kappa shape index (κ2) is 8.52. The van der Waals surface area contributed by atoms with E-state index in [0.717, 1.165) is 5.69 Å². The molecule has 0 saturated heterocycles. The molecule has 0 aliphatic carbocycles. The summed E-state index contributed by atoms with van der Waals surface area (Å²) in [7, 11) is 0. The molecule has 118 valence electrons. The smallest absolute Gasteiger partial charge is 0.340 e. The minimum absolute atomic E-state index is 0.129. The average Bonchev–Trinajstić information content (AvgIpc) is 2.44. The number of para-hydroxylation sites is 1. The lowest BCUT2D eigenvalue weighted by Crippen LogP contribution is -2.31. The van der Waals surface area contributed by atoms with Gasteiger partial charge in [0.05, 0.1) is 36.2 Å². The van der Waals surface area contributed by atoms with Gasteiger partial charge in [-0.05, 0) is 31.9 Å². The molecule has 3 N–H and O–H groups in total. The van der Waals surface area contributed by atoms with Crippen molar-refractivity contribution >= 4 is 17.3 Å². The van der Waals surface area contributed by atoms with E-state index in [0.29, 0.717) is 37.0 Å². The first kappa shape index (κ1) is 17.3. The van der Waals surface area contributed by atoms with Gasteiger partial charge in [0, 0.05) is 6.61 Å². The normalized spacial score (nSPS) is 12.2. The van der Waals surface area contributed by atoms with E-state index >= 15 is 0 Å². The van der Waals surface area contributed by atoms with Crippen LogP contribution in [0.3, 0.4) is 0 Å². The van der Waals surface area contributed by atoms with E-state index < -0.39 is 5.97 Å². The third-order valence-corrected chi connectivity index (χ3v) is 3.25. The number of hydrogen-bond acceptors (Lipinski definition) is 5. The molecule has 0 aliphatic rings. The molecule has 0 heterocycles. The number of esters is 1. The second-order valence-electron chi connectivity index (χ2n) is 5.14. The highest BCUT2D eigenvalue weighted by Gasteiger charge is 2.18. The summed E-state index contributed by atoms with van der Waals surface area (Å²) in [5.74, 6) is -0.0215. The Kier molecular flexibility index (Phi) is 7.02. The minimum atomic E-state index is -0.399. The first-order chi connectivity index (χ1) is 10.0. The van der Waals surface area contributed by atoms with Gasteiger partial charge in [0.1, 0.15) is 0 Å². The molecular formula is C16H26N2O3. The van der Waals surface area contributed by atoms with Crippen molar-refractivity contribution in [3.8, 4) is 0 Å². The number of carbonyl (C=O) groups is 1. The van der Waals surface area contributed by atoms with Crippen molar-refractivity contribution in [1.29, 1.82) is 0 Å².